The number of benzene rings is 2. The number of hydrogen-bond donors (Lipinski definition) is 0. The molecule has 0 unspecified atom stereocenters. The summed E-state index contributed by atoms with van der Waals surface area (Å²) in [5, 5.41) is 1.14. The van der Waals surface area contributed by atoms with Crippen molar-refractivity contribution < 1.29 is 19.1 Å². The van der Waals surface area contributed by atoms with E-state index in [4.69, 9.17) is 32.7 Å². The van der Waals surface area contributed by atoms with Crippen LogP contribution in [0.15, 0.2) is 41.4 Å². The van der Waals surface area contributed by atoms with Crippen LogP contribution in [-0.2, 0) is 20.9 Å². The van der Waals surface area contributed by atoms with Crippen molar-refractivity contribution in [1.82, 2.24) is 4.57 Å². The molecule has 0 saturated carbocycles. The number of fused-ring (bicyclic) bond motifs is 1. The zero-order valence-electron chi connectivity index (χ0n) is 15.1. The number of carbonyl (C=O) groups excluding carboxylic acids is 2. The van der Waals surface area contributed by atoms with Gasteiger partial charge in [-0.2, -0.15) is 4.99 Å². The predicted molar refractivity (Wildman–Crippen MR) is 109 cm³/mol. The van der Waals surface area contributed by atoms with Crippen LogP contribution in [0.5, 0.6) is 5.75 Å². The van der Waals surface area contributed by atoms with Gasteiger partial charge in [-0.3, -0.25) is 9.59 Å². The second-order valence-corrected chi connectivity index (χ2v) is 7.67. The van der Waals surface area contributed by atoms with E-state index < -0.39 is 11.9 Å². The fourth-order valence-corrected chi connectivity index (χ4v) is 3.94. The van der Waals surface area contributed by atoms with Gasteiger partial charge in [0.1, 0.15) is 12.3 Å². The number of ether oxygens (including phenoxy) is 2. The normalized spacial score (nSPS) is 11.6. The Kier molecular flexibility index (Phi) is 6.39. The quantitative estimate of drug-likeness (QED) is 0.564. The van der Waals surface area contributed by atoms with Gasteiger partial charge in [-0.1, -0.05) is 34.5 Å². The Balaban J connectivity index is 1.94. The third-order valence-corrected chi connectivity index (χ3v) is 5.65. The van der Waals surface area contributed by atoms with E-state index in [1.54, 1.807) is 34.9 Å². The number of amides is 1. The molecule has 1 heterocycles. The average molecular weight is 439 g/mol. The fraction of sp³-hybridized carbons (Fsp3) is 0.211. The Hall–Kier alpha value is -2.35. The monoisotopic (exact) mass is 438 g/mol. The van der Waals surface area contributed by atoms with Crippen LogP contribution in [-0.4, -0.2) is 30.2 Å². The summed E-state index contributed by atoms with van der Waals surface area (Å²) in [5.74, 6) is -0.427. The predicted octanol–water partition coefficient (Wildman–Crippen LogP) is 4.00. The average Bonchev–Trinajstić information content (AvgIpc) is 3.01. The maximum atomic E-state index is 12.3. The largest absolute Gasteiger partial charge is 0.484 e. The highest BCUT2D eigenvalue weighted by Gasteiger charge is 2.15. The molecule has 0 fully saturated rings. The van der Waals surface area contributed by atoms with Crippen LogP contribution in [0.25, 0.3) is 10.2 Å². The molecule has 2 aromatic carbocycles. The highest BCUT2D eigenvalue weighted by Crippen LogP contribution is 2.27. The summed E-state index contributed by atoms with van der Waals surface area (Å²) in [6.45, 7) is 1.52. The van der Waals surface area contributed by atoms with Crippen molar-refractivity contribution in [2.75, 3.05) is 13.7 Å². The fourth-order valence-electron chi connectivity index (χ4n) is 2.56. The molecule has 3 aromatic rings. The van der Waals surface area contributed by atoms with Crippen LogP contribution in [0.3, 0.4) is 0 Å². The first kappa shape index (κ1) is 20.4. The van der Waals surface area contributed by atoms with Crippen molar-refractivity contribution in [2.24, 2.45) is 4.99 Å². The number of aromatic nitrogens is 1. The third kappa shape index (κ3) is 4.55. The molecule has 0 aliphatic heterocycles. The summed E-state index contributed by atoms with van der Waals surface area (Å²) in [5.41, 5.74) is 1.54. The van der Waals surface area contributed by atoms with Gasteiger partial charge in [0.05, 0.1) is 17.3 Å². The van der Waals surface area contributed by atoms with Crippen molar-refractivity contribution in [3.8, 4) is 5.75 Å². The molecule has 0 N–H and O–H groups in total. The molecule has 0 radical (unpaired) electrons. The zero-order valence-corrected chi connectivity index (χ0v) is 17.4. The van der Waals surface area contributed by atoms with Crippen molar-refractivity contribution in [3.05, 3.63) is 56.8 Å². The second kappa shape index (κ2) is 8.77. The first-order valence-electron chi connectivity index (χ1n) is 8.20. The minimum atomic E-state index is -0.483. The highest BCUT2D eigenvalue weighted by molar-refractivity contribution is 7.16. The van der Waals surface area contributed by atoms with Crippen LogP contribution < -0.4 is 9.54 Å². The molecule has 28 heavy (non-hydrogen) atoms. The highest BCUT2D eigenvalue weighted by atomic mass is 35.5. The maximum absolute atomic E-state index is 12.3. The molecule has 3 rings (SSSR count). The number of thiazole rings is 1. The third-order valence-electron chi connectivity index (χ3n) is 3.94. The molecule has 0 atom stereocenters. The van der Waals surface area contributed by atoms with Gasteiger partial charge in [-0.25, -0.2) is 0 Å². The zero-order chi connectivity index (χ0) is 20.3. The van der Waals surface area contributed by atoms with Crippen LogP contribution >= 0.6 is 34.5 Å². The molecule has 9 heteroatoms. The molecular formula is C19H16Cl2N2O4S. The van der Waals surface area contributed by atoms with E-state index in [0.717, 1.165) is 15.8 Å². The number of hydrogen-bond acceptors (Lipinski definition) is 5. The summed E-state index contributed by atoms with van der Waals surface area (Å²) in [7, 11) is 1.30. The van der Waals surface area contributed by atoms with E-state index in [2.05, 4.69) is 4.99 Å². The van der Waals surface area contributed by atoms with E-state index in [9.17, 15) is 9.59 Å². The van der Waals surface area contributed by atoms with Crippen molar-refractivity contribution in [1.29, 1.82) is 0 Å². The lowest BCUT2D eigenvalue weighted by atomic mass is 10.2. The van der Waals surface area contributed by atoms with Gasteiger partial charge in [0.25, 0.3) is 5.91 Å². The number of esters is 1. The smallest absolute Gasteiger partial charge is 0.325 e. The van der Waals surface area contributed by atoms with Gasteiger partial charge in [0, 0.05) is 10.0 Å². The summed E-state index contributed by atoms with van der Waals surface area (Å²) in [6.07, 6.45) is 0. The summed E-state index contributed by atoms with van der Waals surface area (Å²) in [6, 6.07) is 10.3. The van der Waals surface area contributed by atoms with Crippen LogP contribution in [0.4, 0.5) is 0 Å². The van der Waals surface area contributed by atoms with E-state index in [1.165, 1.54) is 18.4 Å². The van der Waals surface area contributed by atoms with E-state index in [1.807, 2.05) is 13.0 Å². The van der Waals surface area contributed by atoms with Gasteiger partial charge >= 0.3 is 5.97 Å². The van der Waals surface area contributed by atoms with Crippen LogP contribution in [0.2, 0.25) is 10.0 Å². The summed E-state index contributed by atoms with van der Waals surface area (Å²) >= 11 is 13.3. The number of halogens is 2. The Labute approximate surface area is 174 Å². The standard InChI is InChI=1S/C19H16Cl2N2O4S/c1-11-14(21)7-8-15-18(11)23(9-17(25)26-2)19(28-15)22-16(24)10-27-13-5-3-12(20)4-6-13/h3-8H,9-10H2,1-2H3. The van der Waals surface area contributed by atoms with E-state index in [-0.39, 0.29) is 13.2 Å². The molecule has 1 aromatic heterocycles. The van der Waals surface area contributed by atoms with Crippen molar-refractivity contribution in [3.63, 3.8) is 0 Å². The summed E-state index contributed by atoms with van der Waals surface area (Å²) < 4.78 is 12.7. The molecule has 0 bridgehead atoms. The molecule has 0 aliphatic carbocycles. The Morgan fingerprint density at radius 2 is 1.86 bits per heavy atom. The number of rotatable bonds is 5. The van der Waals surface area contributed by atoms with Crippen molar-refractivity contribution >= 4 is 56.6 Å². The molecule has 0 aliphatic rings. The van der Waals surface area contributed by atoms with Gasteiger partial charge < -0.3 is 14.0 Å². The second-order valence-electron chi connectivity index (χ2n) is 5.81. The maximum Gasteiger partial charge on any atom is 0.325 e. The van der Waals surface area contributed by atoms with Gasteiger partial charge in [0.15, 0.2) is 11.4 Å². The van der Waals surface area contributed by atoms with Crippen molar-refractivity contribution in [2.45, 2.75) is 13.5 Å². The number of aryl methyl sites for hydroxylation is 1. The minimum Gasteiger partial charge on any atom is -0.484 e. The molecular weight excluding hydrogens is 423 g/mol. The van der Waals surface area contributed by atoms with E-state index >= 15 is 0 Å². The topological polar surface area (TPSA) is 69.9 Å². The lowest BCUT2D eigenvalue weighted by Crippen LogP contribution is -2.23. The number of carbonyl (C=O) groups is 2. The summed E-state index contributed by atoms with van der Waals surface area (Å²) in [4.78, 5) is 28.7. The lowest BCUT2D eigenvalue weighted by molar-refractivity contribution is -0.141. The first-order chi connectivity index (χ1) is 13.4. The first-order valence-corrected chi connectivity index (χ1v) is 9.77. The van der Waals surface area contributed by atoms with Crippen LogP contribution in [0.1, 0.15) is 5.56 Å². The van der Waals surface area contributed by atoms with Gasteiger partial charge in [-0.05, 0) is 48.9 Å². The van der Waals surface area contributed by atoms with Gasteiger partial charge in [0.2, 0.25) is 0 Å². The van der Waals surface area contributed by atoms with E-state index in [0.29, 0.717) is 20.6 Å². The SMILES string of the molecule is COC(=O)Cn1c(=NC(=O)COc2ccc(Cl)cc2)sc2ccc(Cl)c(C)c21. The van der Waals surface area contributed by atoms with Gasteiger partial charge in [-0.15, -0.1) is 0 Å². The molecule has 0 spiro atoms. The van der Waals surface area contributed by atoms with Crippen LogP contribution in [0, 0.1) is 6.92 Å². The number of methoxy groups -OCH3 is 1. The lowest BCUT2D eigenvalue weighted by Gasteiger charge is -2.07. The molecule has 146 valence electrons. The Morgan fingerprint density at radius 1 is 1.14 bits per heavy atom. The molecule has 0 saturated heterocycles. The molecule has 1 amide bonds. The Bertz CT molecular complexity index is 1100. The number of nitrogens with zero attached hydrogens (tertiary/aromatic N) is 2. The minimum absolute atomic E-state index is 0.0815. The molecule has 6 nitrogen and oxygen atoms in total. The Morgan fingerprint density at radius 3 is 2.54 bits per heavy atom.